The summed E-state index contributed by atoms with van der Waals surface area (Å²) in [5.41, 5.74) is 2.21. The van der Waals surface area contributed by atoms with Gasteiger partial charge in [-0.1, -0.05) is 19.1 Å². The number of ether oxygens (including phenoxy) is 1. The van der Waals surface area contributed by atoms with Gasteiger partial charge in [0, 0.05) is 35.9 Å². The third-order valence-corrected chi connectivity index (χ3v) is 7.86. The Labute approximate surface area is 224 Å². The third-order valence-electron chi connectivity index (χ3n) is 6.38. The van der Waals surface area contributed by atoms with Crippen molar-refractivity contribution in [2.45, 2.75) is 13.3 Å². The Morgan fingerprint density at radius 2 is 1.95 bits per heavy atom. The van der Waals surface area contributed by atoms with E-state index in [2.05, 4.69) is 31.0 Å². The van der Waals surface area contributed by atoms with Crippen LogP contribution in [-0.4, -0.2) is 56.3 Å². The van der Waals surface area contributed by atoms with Crippen LogP contribution in [0, 0.1) is 11.6 Å². The number of morpholine rings is 1. The number of nitrogens with zero attached hydrogens (tertiary/aromatic N) is 2. The van der Waals surface area contributed by atoms with E-state index in [0.29, 0.717) is 30.7 Å². The van der Waals surface area contributed by atoms with Gasteiger partial charge in [-0.15, -0.1) is 0 Å². The predicted molar refractivity (Wildman–Crippen MR) is 147 cm³/mol. The van der Waals surface area contributed by atoms with Gasteiger partial charge in [0.1, 0.15) is 17.0 Å². The summed E-state index contributed by atoms with van der Waals surface area (Å²) in [6.07, 6.45) is 3.49. The second-order valence-corrected chi connectivity index (χ2v) is 11.0. The SMILES string of the molecule is CCCS(=O)(=O)Nc1ccc(F)c(C(=O)Nc2cnc3[nH]cc(-c4cccc(N5CCOCC5)c4)c3c2)c1F. The predicted octanol–water partition coefficient (Wildman–Crippen LogP) is 4.75. The normalized spacial score (nSPS) is 14.0. The zero-order chi connectivity index (χ0) is 27.6. The fourth-order valence-corrected chi connectivity index (χ4v) is 5.65. The maximum atomic E-state index is 15.1. The van der Waals surface area contributed by atoms with Crippen LogP contribution in [0.2, 0.25) is 0 Å². The van der Waals surface area contributed by atoms with Gasteiger partial charge in [0.2, 0.25) is 10.0 Å². The number of H-pyrrole nitrogens is 1. The van der Waals surface area contributed by atoms with Crippen molar-refractivity contribution in [3.05, 3.63) is 72.1 Å². The second-order valence-electron chi connectivity index (χ2n) is 9.13. The van der Waals surface area contributed by atoms with Crippen LogP contribution in [0.3, 0.4) is 0 Å². The highest BCUT2D eigenvalue weighted by molar-refractivity contribution is 7.92. The van der Waals surface area contributed by atoms with Gasteiger partial charge in [-0.25, -0.2) is 22.2 Å². The molecule has 39 heavy (non-hydrogen) atoms. The number of anilines is 3. The molecule has 1 amide bonds. The van der Waals surface area contributed by atoms with E-state index < -0.39 is 38.8 Å². The molecule has 2 aromatic heterocycles. The summed E-state index contributed by atoms with van der Waals surface area (Å²) in [6, 6.07) is 11.5. The number of carbonyl (C=O) groups excluding carboxylic acids is 1. The van der Waals surface area contributed by atoms with Crippen molar-refractivity contribution in [1.82, 2.24) is 9.97 Å². The zero-order valence-corrected chi connectivity index (χ0v) is 21.9. The average Bonchev–Trinajstić information content (AvgIpc) is 3.34. The molecule has 0 unspecified atom stereocenters. The Kier molecular flexibility index (Phi) is 7.49. The smallest absolute Gasteiger partial charge is 0.261 e. The number of aromatic nitrogens is 2. The van der Waals surface area contributed by atoms with E-state index in [-0.39, 0.29) is 11.4 Å². The zero-order valence-electron chi connectivity index (χ0n) is 21.1. The van der Waals surface area contributed by atoms with Crippen molar-refractivity contribution < 1.29 is 26.7 Å². The summed E-state index contributed by atoms with van der Waals surface area (Å²) in [5.74, 6) is -3.75. The van der Waals surface area contributed by atoms with Crippen molar-refractivity contribution in [3.8, 4) is 11.1 Å². The van der Waals surface area contributed by atoms with Crippen LogP contribution in [-0.2, 0) is 14.8 Å². The van der Waals surface area contributed by atoms with Crippen molar-refractivity contribution in [2.24, 2.45) is 0 Å². The van der Waals surface area contributed by atoms with Gasteiger partial charge in [-0.3, -0.25) is 9.52 Å². The molecule has 1 aliphatic rings. The Hall–Kier alpha value is -4.03. The van der Waals surface area contributed by atoms with Gasteiger partial charge in [-0.05, 0) is 42.3 Å². The molecule has 1 fully saturated rings. The average molecular weight is 556 g/mol. The van der Waals surface area contributed by atoms with Gasteiger partial charge >= 0.3 is 0 Å². The lowest BCUT2D eigenvalue weighted by Gasteiger charge is -2.29. The lowest BCUT2D eigenvalue weighted by Crippen LogP contribution is -2.36. The molecule has 0 bridgehead atoms. The van der Waals surface area contributed by atoms with Crippen LogP contribution in [0.5, 0.6) is 0 Å². The fourth-order valence-electron chi connectivity index (χ4n) is 4.52. The maximum Gasteiger partial charge on any atom is 0.261 e. The van der Waals surface area contributed by atoms with E-state index in [1.165, 1.54) is 6.20 Å². The molecule has 0 radical (unpaired) electrons. The maximum absolute atomic E-state index is 15.1. The van der Waals surface area contributed by atoms with Crippen LogP contribution in [0.15, 0.2) is 54.9 Å². The molecule has 2 aromatic carbocycles. The van der Waals surface area contributed by atoms with Gasteiger partial charge < -0.3 is 19.9 Å². The lowest BCUT2D eigenvalue weighted by molar-refractivity contribution is 0.101. The molecule has 0 atom stereocenters. The number of sulfonamides is 1. The van der Waals surface area contributed by atoms with E-state index in [1.807, 2.05) is 24.4 Å². The summed E-state index contributed by atoms with van der Waals surface area (Å²) in [6.45, 7) is 4.58. The third kappa shape index (κ3) is 5.71. The molecule has 3 heterocycles. The topological polar surface area (TPSA) is 116 Å². The minimum atomic E-state index is -3.85. The molecule has 9 nitrogen and oxygen atoms in total. The monoisotopic (exact) mass is 555 g/mol. The quantitative estimate of drug-likeness (QED) is 0.289. The molecule has 3 N–H and O–H groups in total. The number of hydrogen-bond acceptors (Lipinski definition) is 6. The molecule has 4 aromatic rings. The molecule has 1 aliphatic heterocycles. The van der Waals surface area contributed by atoms with Crippen molar-refractivity contribution in [3.63, 3.8) is 0 Å². The first-order valence-corrected chi connectivity index (χ1v) is 14.1. The number of nitrogens with one attached hydrogen (secondary N) is 3. The highest BCUT2D eigenvalue weighted by Crippen LogP contribution is 2.32. The molecule has 0 aliphatic carbocycles. The number of halogens is 2. The second kappa shape index (κ2) is 11.0. The van der Waals surface area contributed by atoms with Gasteiger partial charge in [-0.2, -0.15) is 0 Å². The number of benzene rings is 2. The Balaban J connectivity index is 1.43. The number of amides is 1. The number of fused-ring (bicyclic) bond motifs is 1. The Morgan fingerprint density at radius 3 is 2.72 bits per heavy atom. The van der Waals surface area contributed by atoms with Gasteiger partial charge in [0.05, 0.1) is 36.5 Å². The Bertz CT molecular complexity index is 1630. The minimum Gasteiger partial charge on any atom is -0.378 e. The van der Waals surface area contributed by atoms with Gasteiger partial charge in [0.15, 0.2) is 5.82 Å². The summed E-state index contributed by atoms with van der Waals surface area (Å²) >= 11 is 0. The first-order chi connectivity index (χ1) is 18.8. The first kappa shape index (κ1) is 26.6. The van der Waals surface area contributed by atoms with Crippen LogP contribution in [0.25, 0.3) is 22.2 Å². The van der Waals surface area contributed by atoms with E-state index in [4.69, 9.17) is 4.74 Å². The van der Waals surface area contributed by atoms with Crippen molar-refractivity contribution in [1.29, 1.82) is 0 Å². The lowest BCUT2D eigenvalue weighted by atomic mass is 10.0. The molecule has 0 spiro atoms. The van der Waals surface area contributed by atoms with Crippen LogP contribution >= 0.6 is 0 Å². The molecule has 204 valence electrons. The molecule has 1 saturated heterocycles. The number of rotatable bonds is 8. The summed E-state index contributed by atoms with van der Waals surface area (Å²) in [4.78, 5) is 22.6. The fraction of sp³-hybridized carbons (Fsp3) is 0.259. The largest absolute Gasteiger partial charge is 0.378 e. The number of aromatic amines is 1. The standard InChI is InChI=1S/C27H27F2N5O4S/c1-2-12-39(36,37)33-23-7-6-22(28)24(25(23)29)27(35)32-18-14-20-21(16-31-26(20)30-15-18)17-4-3-5-19(13-17)34-8-10-38-11-9-34/h3-7,13-16,33H,2,8-12H2,1H3,(H,30,31)(H,32,35). The van der Waals surface area contributed by atoms with Crippen molar-refractivity contribution >= 4 is 44.0 Å². The minimum absolute atomic E-state index is 0.216. The Morgan fingerprint density at radius 1 is 1.15 bits per heavy atom. The van der Waals surface area contributed by atoms with Gasteiger partial charge in [0.25, 0.3) is 5.91 Å². The van der Waals surface area contributed by atoms with Crippen molar-refractivity contribution in [2.75, 3.05) is 47.0 Å². The van der Waals surface area contributed by atoms with Crippen LogP contribution < -0.4 is 14.9 Å². The van der Waals surface area contributed by atoms with E-state index >= 15 is 4.39 Å². The molecular weight excluding hydrogens is 528 g/mol. The van der Waals surface area contributed by atoms with E-state index in [1.54, 1.807) is 13.0 Å². The summed E-state index contributed by atoms with van der Waals surface area (Å²) in [5, 5.41) is 3.19. The number of pyridine rings is 1. The highest BCUT2D eigenvalue weighted by atomic mass is 32.2. The molecule has 12 heteroatoms. The summed E-state index contributed by atoms with van der Waals surface area (Å²) in [7, 11) is -3.85. The van der Waals surface area contributed by atoms with Crippen LogP contribution in [0.1, 0.15) is 23.7 Å². The number of hydrogen-bond donors (Lipinski definition) is 3. The first-order valence-electron chi connectivity index (χ1n) is 12.5. The number of carbonyl (C=O) groups is 1. The summed E-state index contributed by atoms with van der Waals surface area (Å²) < 4.78 is 61.3. The van der Waals surface area contributed by atoms with E-state index in [9.17, 15) is 17.6 Å². The molecule has 0 saturated carbocycles. The van der Waals surface area contributed by atoms with Crippen LogP contribution in [0.4, 0.5) is 25.8 Å². The molecular formula is C27H27F2N5O4S. The highest BCUT2D eigenvalue weighted by Gasteiger charge is 2.23. The van der Waals surface area contributed by atoms with E-state index in [0.717, 1.165) is 42.0 Å². The molecule has 5 rings (SSSR count).